The maximum Gasteiger partial charge on any atom is 0.249 e. The third-order valence-corrected chi connectivity index (χ3v) is 4.56. The Morgan fingerprint density at radius 3 is 2.76 bits per heavy atom. The Morgan fingerprint density at radius 1 is 1.08 bits per heavy atom. The quantitative estimate of drug-likeness (QED) is 0.419. The molecule has 8 nitrogen and oxygen atoms in total. The lowest BCUT2D eigenvalue weighted by Crippen LogP contribution is -2.11. The highest BCUT2D eigenvalue weighted by Gasteiger charge is 2.16. The molecular weight excluding hydrogens is 364 g/mol. The van der Waals surface area contributed by atoms with E-state index in [2.05, 4.69) is 20.4 Å². The predicted molar refractivity (Wildman–Crippen MR) is 92.2 cm³/mol. The number of nitrogens with two attached hydrogens (primary N) is 1. The maximum atomic E-state index is 6.13. The Labute approximate surface area is 151 Å². The Bertz CT molecular complexity index is 997. The molecular formula is C15H11ClN6O2S. The molecule has 0 unspecified atom stereocenters. The molecule has 0 aliphatic heterocycles. The number of rotatable bonds is 5. The molecule has 0 spiro atoms. The molecule has 0 aliphatic rings. The van der Waals surface area contributed by atoms with Crippen LogP contribution in [-0.4, -0.2) is 25.1 Å². The van der Waals surface area contributed by atoms with E-state index >= 15 is 0 Å². The molecule has 0 amide bonds. The van der Waals surface area contributed by atoms with Crippen LogP contribution in [0.3, 0.4) is 0 Å². The van der Waals surface area contributed by atoms with Gasteiger partial charge in [-0.05, 0) is 24.3 Å². The second-order valence-corrected chi connectivity index (χ2v) is 6.27. The molecule has 0 saturated carbocycles. The average Bonchev–Trinajstić information content (AvgIpc) is 3.34. The summed E-state index contributed by atoms with van der Waals surface area (Å²) >= 11 is 7.46. The molecule has 3 heterocycles. The first-order chi connectivity index (χ1) is 12.2. The topological polar surface area (TPSA) is 109 Å². The summed E-state index contributed by atoms with van der Waals surface area (Å²) in [5, 5.41) is 17.2. The highest BCUT2D eigenvalue weighted by atomic mass is 35.5. The van der Waals surface area contributed by atoms with Crippen molar-refractivity contribution < 1.29 is 8.83 Å². The van der Waals surface area contributed by atoms with Crippen molar-refractivity contribution in [3.05, 3.63) is 53.6 Å². The molecule has 0 radical (unpaired) electrons. The van der Waals surface area contributed by atoms with Gasteiger partial charge in [-0.15, -0.1) is 20.4 Å². The smallest absolute Gasteiger partial charge is 0.249 e. The van der Waals surface area contributed by atoms with Gasteiger partial charge in [0, 0.05) is 0 Å². The van der Waals surface area contributed by atoms with Crippen LogP contribution in [0.4, 0.5) is 0 Å². The Kier molecular flexibility index (Phi) is 4.16. The van der Waals surface area contributed by atoms with Crippen molar-refractivity contribution in [1.82, 2.24) is 25.1 Å². The van der Waals surface area contributed by atoms with Crippen molar-refractivity contribution >= 4 is 23.4 Å². The number of nitrogen functional groups attached to an aromatic ring is 1. The molecule has 25 heavy (non-hydrogen) atoms. The van der Waals surface area contributed by atoms with E-state index in [1.165, 1.54) is 16.4 Å². The highest BCUT2D eigenvalue weighted by molar-refractivity contribution is 7.98. The zero-order chi connectivity index (χ0) is 17.2. The summed E-state index contributed by atoms with van der Waals surface area (Å²) in [7, 11) is 0. The van der Waals surface area contributed by atoms with Gasteiger partial charge in [0.15, 0.2) is 5.76 Å². The normalized spacial score (nSPS) is 11.1. The van der Waals surface area contributed by atoms with Gasteiger partial charge in [-0.1, -0.05) is 35.5 Å². The number of thioether (sulfide) groups is 1. The van der Waals surface area contributed by atoms with Gasteiger partial charge in [0.1, 0.15) is 0 Å². The van der Waals surface area contributed by atoms with Crippen molar-refractivity contribution in [3.63, 3.8) is 0 Å². The van der Waals surface area contributed by atoms with E-state index < -0.39 is 0 Å². The fourth-order valence-corrected chi connectivity index (χ4v) is 3.04. The minimum atomic E-state index is 0.367. The molecule has 1 aromatic carbocycles. The lowest BCUT2D eigenvalue weighted by Gasteiger charge is -2.00. The van der Waals surface area contributed by atoms with Gasteiger partial charge < -0.3 is 14.7 Å². The molecule has 0 fully saturated rings. The molecule has 0 saturated heterocycles. The van der Waals surface area contributed by atoms with Crippen LogP contribution in [0.5, 0.6) is 0 Å². The summed E-state index contributed by atoms with van der Waals surface area (Å²) in [6.45, 7) is 0. The molecule has 2 N–H and O–H groups in total. The Morgan fingerprint density at radius 2 is 1.96 bits per heavy atom. The van der Waals surface area contributed by atoms with Crippen LogP contribution in [-0.2, 0) is 5.75 Å². The first-order valence-electron chi connectivity index (χ1n) is 7.17. The van der Waals surface area contributed by atoms with E-state index in [9.17, 15) is 0 Å². The van der Waals surface area contributed by atoms with Crippen LogP contribution in [0, 0.1) is 0 Å². The first kappa shape index (κ1) is 15.7. The van der Waals surface area contributed by atoms with E-state index in [0.29, 0.717) is 44.9 Å². The molecule has 0 aliphatic carbocycles. The fourth-order valence-electron chi connectivity index (χ4n) is 2.13. The van der Waals surface area contributed by atoms with Gasteiger partial charge in [-0.3, -0.25) is 0 Å². The summed E-state index contributed by atoms with van der Waals surface area (Å²) in [4.78, 5) is 0. The van der Waals surface area contributed by atoms with Crippen molar-refractivity contribution in [2.75, 3.05) is 5.84 Å². The number of nitrogens with zero attached hydrogens (tertiary/aromatic N) is 5. The highest BCUT2D eigenvalue weighted by Crippen LogP contribution is 2.28. The molecule has 4 aromatic rings. The van der Waals surface area contributed by atoms with E-state index in [1.807, 2.05) is 18.2 Å². The summed E-state index contributed by atoms with van der Waals surface area (Å²) in [6, 6.07) is 10.8. The summed E-state index contributed by atoms with van der Waals surface area (Å²) in [5.41, 5.74) is 0.690. The zero-order valence-corrected chi connectivity index (χ0v) is 14.2. The monoisotopic (exact) mass is 374 g/mol. The van der Waals surface area contributed by atoms with Crippen LogP contribution >= 0.6 is 23.4 Å². The van der Waals surface area contributed by atoms with Crippen LogP contribution in [0.15, 0.2) is 56.7 Å². The van der Waals surface area contributed by atoms with Gasteiger partial charge >= 0.3 is 0 Å². The molecule has 126 valence electrons. The number of halogens is 1. The minimum Gasteiger partial charge on any atom is -0.461 e. The lowest BCUT2D eigenvalue weighted by molar-refractivity contribution is 0.528. The summed E-state index contributed by atoms with van der Waals surface area (Å²) in [5.74, 6) is 8.18. The van der Waals surface area contributed by atoms with Crippen molar-refractivity contribution in [3.8, 4) is 23.0 Å². The average molecular weight is 375 g/mol. The summed E-state index contributed by atoms with van der Waals surface area (Å²) in [6.07, 6.45) is 1.55. The number of furan rings is 1. The third-order valence-electron chi connectivity index (χ3n) is 3.30. The van der Waals surface area contributed by atoms with E-state index in [0.717, 1.165) is 0 Å². The standard InChI is InChI=1S/C15H11ClN6O2S/c16-10-5-2-1-4-9(10)14-20-18-12(24-14)8-25-15-21-19-13(22(15)17)11-6-3-7-23-11/h1-7H,8,17H2. The first-order valence-corrected chi connectivity index (χ1v) is 8.53. The zero-order valence-electron chi connectivity index (χ0n) is 12.7. The van der Waals surface area contributed by atoms with Gasteiger partial charge in [-0.25, -0.2) is 4.68 Å². The molecule has 3 aromatic heterocycles. The van der Waals surface area contributed by atoms with Crippen molar-refractivity contribution in [2.45, 2.75) is 10.9 Å². The predicted octanol–water partition coefficient (Wildman–Crippen LogP) is 3.25. The van der Waals surface area contributed by atoms with Crippen molar-refractivity contribution in [1.29, 1.82) is 0 Å². The fraction of sp³-hybridized carbons (Fsp3) is 0.0667. The third kappa shape index (κ3) is 3.11. The summed E-state index contributed by atoms with van der Waals surface area (Å²) < 4.78 is 12.3. The van der Waals surface area contributed by atoms with Crippen LogP contribution in [0.2, 0.25) is 5.02 Å². The maximum absolute atomic E-state index is 6.13. The SMILES string of the molecule is Nn1c(SCc2nnc(-c3ccccc3Cl)o2)nnc1-c1ccco1. The van der Waals surface area contributed by atoms with Crippen LogP contribution in [0.1, 0.15) is 5.89 Å². The van der Waals surface area contributed by atoms with Gasteiger partial charge in [0.2, 0.25) is 22.8 Å². The van der Waals surface area contributed by atoms with Gasteiger partial charge in [0.05, 0.1) is 22.6 Å². The molecule has 0 bridgehead atoms. The van der Waals surface area contributed by atoms with E-state index in [1.54, 1.807) is 24.5 Å². The molecule has 0 atom stereocenters. The number of benzene rings is 1. The minimum absolute atomic E-state index is 0.367. The van der Waals surface area contributed by atoms with Crippen LogP contribution in [0.25, 0.3) is 23.0 Å². The van der Waals surface area contributed by atoms with Crippen molar-refractivity contribution in [2.24, 2.45) is 0 Å². The van der Waals surface area contributed by atoms with E-state index in [-0.39, 0.29) is 0 Å². The molecule has 10 heteroatoms. The van der Waals surface area contributed by atoms with Gasteiger partial charge in [0.25, 0.3) is 0 Å². The number of hydrogen-bond acceptors (Lipinski definition) is 8. The number of aromatic nitrogens is 5. The second-order valence-electron chi connectivity index (χ2n) is 4.92. The van der Waals surface area contributed by atoms with E-state index in [4.69, 9.17) is 26.3 Å². The van der Waals surface area contributed by atoms with Crippen LogP contribution < -0.4 is 5.84 Å². The largest absolute Gasteiger partial charge is 0.461 e. The second kappa shape index (κ2) is 6.61. The van der Waals surface area contributed by atoms with Gasteiger partial charge in [-0.2, -0.15) is 0 Å². The molecule has 4 rings (SSSR count). The Hall–Kier alpha value is -2.78. The lowest BCUT2D eigenvalue weighted by atomic mass is 10.2. The number of hydrogen-bond donors (Lipinski definition) is 1. The Balaban J connectivity index is 1.49.